The fourth-order valence-electron chi connectivity index (χ4n) is 0.985. The number of aromatic nitrogens is 2. The molecule has 0 saturated carbocycles. The maximum atomic E-state index is 4.19. The minimum Gasteiger partial charge on any atom is -0.357 e. The highest BCUT2D eigenvalue weighted by atomic mass is 32.1. The zero-order valence-corrected chi connectivity index (χ0v) is 6.98. The molecule has 2 heterocycles. The highest BCUT2D eigenvalue weighted by molar-refractivity contribution is 7.13. The number of rotatable bonds is 1. The molecule has 0 aliphatic carbocycles. The summed E-state index contributed by atoms with van der Waals surface area (Å²) in [6, 6.07) is 4.10. The van der Waals surface area contributed by atoms with Crippen LogP contribution in [-0.4, -0.2) is 9.97 Å². The van der Waals surface area contributed by atoms with Gasteiger partial charge in [-0.05, 0) is 19.1 Å². The Balaban J connectivity index is 2.45. The normalized spacial score (nSPS) is 10.3. The molecule has 0 amide bonds. The Labute approximate surface area is 68.9 Å². The summed E-state index contributed by atoms with van der Waals surface area (Å²) in [5, 5.41) is 3.03. The van der Waals surface area contributed by atoms with Gasteiger partial charge in [0.1, 0.15) is 5.01 Å². The van der Waals surface area contributed by atoms with Gasteiger partial charge in [-0.15, -0.1) is 11.3 Å². The van der Waals surface area contributed by atoms with E-state index in [4.69, 9.17) is 0 Å². The van der Waals surface area contributed by atoms with Gasteiger partial charge in [-0.2, -0.15) is 0 Å². The largest absolute Gasteiger partial charge is 0.357 e. The third-order valence-corrected chi connectivity index (χ3v) is 2.30. The van der Waals surface area contributed by atoms with Crippen molar-refractivity contribution >= 4 is 11.3 Å². The lowest BCUT2D eigenvalue weighted by molar-refractivity contribution is 1.25. The number of H-pyrrole nitrogens is 1. The van der Waals surface area contributed by atoms with Crippen LogP contribution in [0.15, 0.2) is 23.7 Å². The summed E-state index contributed by atoms with van der Waals surface area (Å²) in [6.45, 7) is 2.04. The molecule has 0 saturated heterocycles. The lowest BCUT2D eigenvalue weighted by atomic mass is 10.4. The monoisotopic (exact) mass is 164 g/mol. The van der Waals surface area contributed by atoms with Crippen molar-refractivity contribution in [3.63, 3.8) is 0 Å². The molecule has 56 valence electrons. The fourth-order valence-corrected chi connectivity index (χ4v) is 1.60. The second kappa shape index (κ2) is 2.51. The molecule has 2 aromatic rings. The topological polar surface area (TPSA) is 28.7 Å². The van der Waals surface area contributed by atoms with E-state index in [0.717, 1.165) is 10.7 Å². The van der Waals surface area contributed by atoms with E-state index in [9.17, 15) is 0 Å². The van der Waals surface area contributed by atoms with Crippen LogP contribution in [0.3, 0.4) is 0 Å². The number of aryl methyl sites for hydroxylation is 1. The molecule has 0 aliphatic heterocycles. The second-order valence-electron chi connectivity index (χ2n) is 2.39. The molecule has 0 aromatic carbocycles. The molecule has 0 spiro atoms. The molecule has 2 aromatic heterocycles. The third-order valence-electron chi connectivity index (χ3n) is 1.49. The van der Waals surface area contributed by atoms with Crippen molar-refractivity contribution in [2.24, 2.45) is 0 Å². The smallest absolute Gasteiger partial charge is 0.139 e. The summed E-state index contributed by atoms with van der Waals surface area (Å²) in [4.78, 5) is 7.41. The van der Waals surface area contributed by atoms with Crippen molar-refractivity contribution in [3.05, 3.63) is 29.4 Å². The van der Waals surface area contributed by atoms with Crippen LogP contribution in [0.4, 0.5) is 0 Å². The van der Waals surface area contributed by atoms with E-state index in [1.54, 1.807) is 11.3 Å². The van der Waals surface area contributed by atoms with Crippen LogP contribution in [0.25, 0.3) is 10.7 Å². The van der Waals surface area contributed by atoms with Gasteiger partial charge in [-0.25, -0.2) is 4.98 Å². The van der Waals surface area contributed by atoms with E-state index in [0.29, 0.717) is 0 Å². The predicted molar refractivity (Wildman–Crippen MR) is 46.6 cm³/mol. The molecule has 0 fully saturated rings. The molecule has 3 heteroatoms. The molecule has 0 unspecified atom stereocenters. The van der Waals surface area contributed by atoms with Gasteiger partial charge in [0.25, 0.3) is 0 Å². The molecule has 0 bridgehead atoms. The molecule has 1 N–H and O–H groups in total. The van der Waals surface area contributed by atoms with Crippen LogP contribution in [0.1, 0.15) is 5.69 Å². The molecule has 2 rings (SSSR count). The van der Waals surface area contributed by atoms with E-state index < -0.39 is 0 Å². The fraction of sp³-hybridized carbons (Fsp3) is 0.125. The lowest BCUT2D eigenvalue weighted by Gasteiger charge is -1.87. The van der Waals surface area contributed by atoms with Crippen molar-refractivity contribution < 1.29 is 0 Å². The average molecular weight is 164 g/mol. The third kappa shape index (κ3) is 1.19. The molecule has 0 aliphatic rings. The van der Waals surface area contributed by atoms with Gasteiger partial charge in [0.05, 0.1) is 5.69 Å². The average Bonchev–Trinajstić information content (AvgIpc) is 2.55. The Morgan fingerprint density at radius 1 is 1.45 bits per heavy atom. The number of nitrogens with zero attached hydrogens (tertiary/aromatic N) is 1. The molecular formula is C8H8N2S. The van der Waals surface area contributed by atoms with E-state index in [1.165, 1.54) is 5.69 Å². The van der Waals surface area contributed by atoms with Crippen molar-refractivity contribution in [1.29, 1.82) is 0 Å². The minimum atomic E-state index is 1.05. The SMILES string of the molecule is Cc1ccc(-c2nccs2)[nH]1. The van der Waals surface area contributed by atoms with E-state index in [-0.39, 0.29) is 0 Å². The first-order valence-corrected chi connectivity index (χ1v) is 4.30. The minimum absolute atomic E-state index is 1.05. The summed E-state index contributed by atoms with van der Waals surface area (Å²) >= 11 is 1.65. The Kier molecular flexibility index (Phi) is 1.51. The summed E-state index contributed by atoms with van der Waals surface area (Å²) in [5.74, 6) is 0. The van der Waals surface area contributed by atoms with Gasteiger partial charge in [0.2, 0.25) is 0 Å². The van der Waals surface area contributed by atoms with Gasteiger partial charge >= 0.3 is 0 Å². The zero-order valence-electron chi connectivity index (χ0n) is 6.16. The van der Waals surface area contributed by atoms with Crippen LogP contribution in [-0.2, 0) is 0 Å². The van der Waals surface area contributed by atoms with Crippen molar-refractivity contribution in [2.45, 2.75) is 6.92 Å². The summed E-state index contributed by atoms with van der Waals surface area (Å²) in [5.41, 5.74) is 2.28. The van der Waals surface area contributed by atoms with Gasteiger partial charge in [-0.3, -0.25) is 0 Å². The predicted octanol–water partition coefficient (Wildman–Crippen LogP) is 2.45. The number of nitrogens with one attached hydrogen (secondary N) is 1. The van der Waals surface area contributed by atoms with Crippen LogP contribution in [0.2, 0.25) is 0 Å². The number of aromatic amines is 1. The first-order valence-electron chi connectivity index (χ1n) is 3.42. The Morgan fingerprint density at radius 3 is 2.91 bits per heavy atom. The van der Waals surface area contributed by atoms with E-state index in [1.807, 2.05) is 24.6 Å². The summed E-state index contributed by atoms with van der Waals surface area (Å²) in [7, 11) is 0. The van der Waals surface area contributed by atoms with Crippen LogP contribution < -0.4 is 0 Å². The second-order valence-corrected chi connectivity index (χ2v) is 3.29. The number of thiazole rings is 1. The molecule has 0 radical (unpaired) electrons. The van der Waals surface area contributed by atoms with Gasteiger partial charge in [0, 0.05) is 17.3 Å². The van der Waals surface area contributed by atoms with E-state index in [2.05, 4.69) is 16.0 Å². The van der Waals surface area contributed by atoms with Crippen molar-refractivity contribution in [1.82, 2.24) is 9.97 Å². The van der Waals surface area contributed by atoms with Crippen molar-refractivity contribution in [3.8, 4) is 10.7 Å². The van der Waals surface area contributed by atoms with Gasteiger partial charge in [-0.1, -0.05) is 0 Å². The molecule has 11 heavy (non-hydrogen) atoms. The maximum Gasteiger partial charge on any atom is 0.139 e. The highest BCUT2D eigenvalue weighted by Gasteiger charge is 1.99. The maximum absolute atomic E-state index is 4.19. The highest BCUT2D eigenvalue weighted by Crippen LogP contribution is 2.19. The van der Waals surface area contributed by atoms with Gasteiger partial charge in [0.15, 0.2) is 0 Å². The quantitative estimate of drug-likeness (QED) is 0.689. The summed E-state index contributed by atoms with van der Waals surface area (Å²) < 4.78 is 0. The van der Waals surface area contributed by atoms with Crippen LogP contribution in [0, 0.1) is 6.92 Å². The molecule has 2 nitrogen and oxygen atoms in total. The standard InChI is InChI=1S/C8H8N2S/c1-6-2-3-7(10-6)8-9-4-5-11-8/h2-5,10H,1H3. The van der Waals surface area contributed by atoms with Crippen LogP contribution >= 0.6 is 11.3 Å². The first-order chi connectivity index (χ1) is 5.36. The Hall–Kier alpha value is -1.09. The lowest BCUT2D eigenvalue weighted by Crippen LogP contribution is -1.74. The Bertz CT molecular complexity index is 335. The van der Waals surface area contributed by atoms with Crippen molar-refractivity contribution in [2.75, 3.05) is 0 Å². The molecule has 0 atom stereocenters. The molecular weight excluding hydrogens is 156 g/mol. The van der Waals surface area contributed by atoms with E-state index >= 15 is 0 Å². The Morgan fingerprint density at radius 2 is 2.36 bits per heavy atom. The van der Waals surface area contributed by atoms with Crippen LogP contribution in [0.5, 0.6) is 0 Å². The first kappa shape index (κ1) is 6.61. The zero-order chi connectivity index (χ0) is 7.68. The number of hydrogen-bond donors (Lipinski definition) is 1. The van der Waals surface area contributed by atoms with Gasteiger partial charge < -0.3 is 4.98 Å². The number of hydrogen-bond acceptors (Lipinski definition) is 2. The summed E-state index contributed by atoms with van der Waals surface area (Å²) in [6.07, 6.45) is 1.82.